The van der Waals surface area contributed by atoms with Crippen LogP contribution in [-0.2, 0) is 6.42 Å². The minimum absolute atomic E-state index is 0. The van der Waals surface area contributed by atoms with Crippen molar-refractivity contribution in [1.29, 1.82) is 0 Å². The molecule has 1 N–H and O–H groups in total. The molecule has 3 heteroatoms. The number of halogens is 2. The van der Waals surface area contributed by atoms with Crippen molar-refractivity contribution in [2.75, 3.05) is 13.1 Å². The van der Waals surface area contributed by atoms with Gasteiger partial charge in [-0.1, -0.05) is 28.1 Å². The summed E-state index contributed by atoms with van der Waals surface area (Å²) < 4.78 is 1.16. The van der Waals surface area contributed by atoms with Gasteiger partial charge in [0.05, 0.1) is 0 Å². The standard InChI is InChI=1S/C10H12BrN.ClH/c11-10-3-1-8(2-4-10)5-9-6-12-7-9;/h1-4,9,12H,5-7H2;1H. The molecule has 0 spiro atoms. The van der Waals surface area contributed by atoms with Crippen molar-refractivity contribution >= 4 is 28.3 Å². The maximum atomic E-state index is 3.43. The van der Waals surface area contributed by atoms with E-state index in [1.807, 2.05) is 0 Å². The monoisotopic (exact) mass is 261 g/mol. The van der Waals surface area contributed by atoms with Gasteiger partial charge in [-0.05, 0) is 43.1 Å². The number of rotatable bonds is 2. The fourth-order valence-corrected chi connectivity index (χ4v) is 1.71. The molecule has 1 nitrogen and oxygen atoms in total. The molecule has 0 saturated carbocycles. The van der Waals surface area contributed by atoms with Crippen LogP contribution in [0.25, 0.3) is 0 Å². The summed E-state index contributed by atoms with van der Waals surface area (Å²) in [5.41, 5.74) is 1.45. The van der Waals surface area contributed by atoms with Gasteiger partial charge in [-0.25, -0.2) is 0 Å². The van der Waals surface area contributed by atoms with Gasteiger partial charge in [-0.3, -0.25) is 0 Å². The highest BCUT2D eigenvalue weighted by molar-refractivity contribution is 9.10. The molecule has 72 valence electrons. The van der Waals surface area contributed by atoms with E-state index in [2.05, 4.69) is 45.5 Å². The Hall–Kier alpha value is -0.0500. The molecule has 0 unspecified atom stereocenters. The molecular weight excluding hydrogens is 249 g/mol. The molecule has 1 aliphatic heterocycles. The maximum absolute atomic E-state index is 3.43. The number of benzene rings is 1. The van der Waals surface area contributed by atoms with Crippen molar-refractivity contribution in [1.82, 2.24) is 5.32 Å². The number of hydrogen-bond donors (Lipinski definition) is 1. The van der Waals surface area contributed by atoms with Gasteiger partial charge in [0.1, 0.15) is 0 Å². The lowest BCUT2D eigenvalue weighted by molar-refractivity contribution is 0.346. The largest absolute Gasteiger partial charge is 0.316 e. The van der Waals surface area contributed by atoms with Crippen LogP contribution in [-0.4, -0.2) is 13.1 Å². The molecule has 0 atom stereocenters. The second-order valence-electron chi connectivity index (χ2n) is 3.35. The summed E-state index contributed by atoms with van der Waals surface area (Å²) in [6, 6.07) is 8.62. The summed E-state index contributed by atoms with van der Waals surface area (Å²) in [5, 5.41) is 3.28. The van der Waals surface area contributed by atoms with E-state index in [-0.39, 0.29) is 12.4 Å². The smallest absolute Gasteiger partial charge is 0.0175 e. The van der Waals surface area contributed by atoms with Gasteiger partial charge < -0.3 is 5.32 Å². The molecule has 1 fully saturated rings. The van der Waals surface area contributed by atoms with E-state index in [0.717, 1.165) is 10.4 Å². The molecule has 0 aliphatic carbocycles. The van der Waals surface area contributed by atoms with Crippen LogP contribution in [0.2, 0.25) is 0 Å². The Bertz CT molecular complexity index is 256. The molecule has 0 radical (unpaired) electrons. The van der Waals surface area contributed by atoms with E-state index in [0.29, 0.717) is 0 Å². The Labute approximate surface area is 93.5 Å². The first-order chi connectivity index (χ1) is 5.84. The predicted molar refractivity (Wildman–Crippen MR) is 61.5 cm³/mol. The normalized spacial score (nSPS) is 16.1. The highest BCUT2D eigenvalue weighted by atomic mass is 79.9. The van der Waals surface area contributed by atoms with Crippen LogP contribution in [0.3, 0.4) is 0 Å². The summed E-state index contributed by atoms with van der Waals surface area (Å²) in [6.45, 7) is 2.38. The van der Waals surface area contributed by atoms with Crippen LogP contribution >= 0.6 is 28.3 Å². The van der Waals surface area contributed by atoms with Crippen LogP contribution in [0.15, 0.2) is 28.7 Å². The minimum Gasteiger partial charge on any atom is -0.316 e. The first kappa shape index (κ1) is 11.0. The molecule has 0 amide bonds. The molecule has 2 rings (SSSR count). The third kappa shape index (κ3) is 2.97. The molecule has 1 aromatic rings. The molecule has 0 bridgehead atoms. The summed E-state index contributed by atoms with van der Waals surface area (Å²) in [7, 11) is 0. The van der Waals surface area contributed by atoms with Crippen LogP contribution in [0.5, 0.6) is 0 Å². The molecule has 0 aromatic heterocycles. The molecular formula is C10H13BrClN. The van der Waals surface area contributed by atoms with Crippen LogP contribution in [0.1, 0.15) is 5.56 Å². The molecule has 1 aliphatic rings. The SMILES string of the molecule is Brc1ccc(CC2CNC2)cc1.Cl. The third-order valence-electron chi connectivity index (χ3n) is 2.30. The van der Waals surface area contributed by atoms with Crippen molar-refractivity contribution < 1.29 is 0 Å². The number of hydrogen-bond acceptors (Lipinski definition) is 1. The van der Waals surface area contributed by atoms with Crippen molar-refractivity contribution in [3.8, 4) is 0 Å². The average Bonchev–Trinajstić information content (AvgIpc) is 2.00. The fourth-order valence-electron chi connectivity index (χ4n) is 1.45. The van der Waals surface area contributed by atoms with Gasteiger partial charge in [0.2, 0.25) is 0 Å². The third-order valence-corrected chi connectivity index (χ3v) is 2.83. The molecule has 1 heterocycles. The highest BCUT2D eigenvalue weighted by Crippen LogP contribution is 2.15. The first-order valence-corrected chi connectivity index (χ1v) is 5.09. The van der Waals surface area contributed by atoms with Crippen molar-refractivity contribution in [3.63, 3.8) is 0 Å². The van der Waals surface area contributed by atoms with Crippen LogP contribution in [0, 0.1) is 5.92 Å². The Morgan fingerprint density at radius 1 is 1.23 bits per heavy atom. The zero-order valence-corrected chi connectivity index (χ0v) is 9.70. The lowest BCUT2D eigenvalue weighted by Gasteiger charge is -2.26. The fraction of sp³-hybridized carbons (Fsp3) is 0.400. The zero-order chi connectivity index (χ0) is 8.39. The molecule has 13 heavy (non-hydrogen) atoms. The van der Waals surface area contributed by atoms with Gasteiger partial charge in [-0.15, -0.1) is 12.4 Å². The van der Waals surface area contributed by atoms with Crippen molar-refractivity contribution in [2.45, 2.75) is 6.42 Å². The van der Waals surface area contributed by atoms with Gasteiger partial charge in [0, 0.05) is 4.47 Å². The van der Waals surface area contributed by atoms with Crippen molar-refractivity contribution in [2.24, 2.45) is 5.92 Å². The first-order valence-electron chi connectivity index (χ1n) is 4.30. The average molecular weight is 263 g/mol. The summed E-state index contributed by atoms with van der Waals surface area (Å²) >= 11 is 3.43. The van der Waals surface area contributed by atoms with Crippen molar-refractivity contribution in [3.05, 3.63) is 34.3 Å². The number of nitrogens with one attached hydrogen (secondary N) is 1. The molecule has 1 aromatic carbocycles. The zero-order valence-electron chi connectivity index (χ0n) is 7.29. The van der Waals surface area contributed by atoms with Gasteiger partial charge in [0.15, 0.2) is 0 Å². The lowest BCUT2D eigenvalue weighted by atomic mass is 9.95. The van der Waals surface area contributed by atoms with Gasteiger partial charge in [-0.2, -0.15) is 0 Å². The van der Waals surface area contributed by atoms with E-state index in [1.54, 1.807) is 0 Å². The summed E-state index contributed by atoms with van der Waals surface area (Å²) in [6.07, 6.45) is 1.22. The maximum Gasteiger partial charge on any atom is 0.0175 e. The highest BCUT2D eigenvalue weighted by Gasteiger charge is 2.16. The van der Waals surface area contributed by atoms with E-state index in [9.17, 15) is 0 Å². The van der Waals surface area contributed by atoms with Crippen LogP contribution in [0.4, 0.5) is 0 Å². The molecule has 1 saturated heterocycles. The lowest BCUT2D eigenvalue weighted by Crippen LogP contribution is -2.43. The Morgan fingerprint density at radius 3 is 2.31 bits per heavy atom. The summed E-state index contributed by atoms with van der Waals surface area (Å²) in [5.74, 6) is 0.867. The second-order valence-corrected chi connectivity index (χ2v) is 4.27. The predicted octanol–water partition coefficient (Wildman–Crippen LogP) is 2.63. The topological polar surface area (TPSA) is 12.0 Å². The quantitative estimate of drug-likeness (QED) is 0.864. The van der Waals surface area contributed by atoms with E-state index in [4.69, 9.17) is 0 Å². The van der Waals surface area contributed by atoms with E-state index in [1.165, 1.54) is 25.1 Å². The van der Waals surface area contributed by atoms with E-state index < -0.39 is 0 Å². The van der Waals surface area contributed by atoms with Gasteiger partial charge in [0.25, 0.3) is 0 Å². The van der Waals surface area contributed by atoms with Gasteiger partial charge >= 0.3 is 0 Å². The Balaban J connectivity index is 0.000000845. The Kier molecular flexibility index (Phi) is 4.23. The summed E-state index contributed by atoms with van der Waals surface area (Å²) in [4.78, 5) is 0. The van der Waals surface area contributed by atoms with Crippen LogP contribution < -0.4 is 5.32 Å². The minimum atomic E-state index is 0. The second kappa shape index (κ2) is 4.99. The Morgan fingerprint density at radius 2 is 1.85 bits per heavy atom. The van der Waals surface area contributed by atoms with E-state index >= 15 is 0 Å².